The number of nitrogens with one attached hydrogen (secondary N) is 1. The summed E-state index contributed by atoms with van der Waals surface area (Å²) in [5, 5.41) is 4.05. The third-order valence-corrected chi connectivity index (χ3v) is 3.98. The monoisotopic (exact) mass is 280 g/mol. The maximum atomic E-state index is 11.9. The van der Waals surface area contributed by atoms with Gasteiger partial charge in [-0.25, -0.2) is 17.8 Å². The molecule has 0 radical (unpaired) electrons. The van der Waals surface area contributed by atoms with Crippen LogP contribution in [0.25, 0.3) is 5.69 Å². The van der Waals surface area contributed by atoms with E-state index in [4.69, 9.17) is 5.73 Å². The molecule has 1 aromatic carbocycles. The molecule has 7 heteroatoms. The molecule has 0 fully saturated rings. The first-order chi connectivity index (χ1) is 9.13. The number of nitrogens with zero attached hydrogens (tertiary/aromatic N) is 2. The largest absolute Gasteiger partial charge is 0.330 e. The highest BCUT2D eigenvalue weighted by atomic mass is 32.2. The van der Waals surface area contributed by atoms with Crippen molar-refractivity contribution in [2.24, 2.45) is 5.73 Å². The minimum absolute atomic E-state index is 0.147. The zero-order valence-corrected chi connectivity index (χ0v) is 11.2. The third-order valence-electron chi connectivity index (χ3n) is 2.56. The van der Waals surface area contributed by atoms with Crippen LogP contribution in [0.4, 0.5) is 0 Å². The molecular formula is C12H16N4O2S. The van der Waals surface area contributed by atoms with Gasteiger partial charge in [-0.2, -0.15) is 5.10 Å². The van der Waals surface area contributed by atoms with E-state index in [1.807, 2.05) is 30.3 Å². The van der Waals surface area contributed by atoms with Crippen LogP contribution < -0.4 is 10.5 Å². The summed E-state index contributed by atoms with van der Waals surface area (Å²) in [6.45, 7) is 0.779. The van der Waals surface area contributed by atoms with Crippen molar-refractivity contribution < 1.29 is 8.42 Å². The quantitative estimate of drug-likeness (QED) is 0.754. The van der Waals surface area contributed by atoms with Crippen molar-refractivity contribution >= 4 is 10.0 Å². The Hall–Kier alpha value is -1.70. The molecule has 0 unspecified atom stereocenters. The number of hydrogen-bond donors (Lipinski definition) is 2. The number of para-hydroxylation sites is 1. The predicted molar refractivity (Wildman–Crippen MR) is 72.4 cm³/mol. The molecule has 19 heavy (non-hydrogen) atoms. The summed E-state index contributed by atoms with van der Waals surface area (Å²) < 4.78 is 27.9. The van der Waals surface area contributed by atoms with Crippen LogP contribution >= 0.6 is 0 Å². The maximum Gasteiger partial charge on any atom is 0.243 e. The zero-order chi connectivity index (χ0) is 13.7. The summed E-state index contributed by atoms with van der Waals surface area (Å²) >= 11 is 0. The maximum absolute atomic E-state index is 11.9. The lowest BCUT2D eigenvalue weighted by Crippen LogP contribution is -2.25. The summed E-state index contributed by atoms with van der Waals surface area (Å²) in [6, 6.07) is 9.32. The fourth-order valence-corrected chi connectivity index (χ4v) is 2.56. The second-order valence-corrected chi connectivity index (χ2v) is 5.76. The summed E-state index contributed by atoms with van der Waals surface area (Å²) in [4.78, 5) is 0.147. The van der Waals surface area contributed by atoms with Crippen LogP contribution in [-0.2, 0) is 10.0 Å². The average Bonchev–Trinajstić information content (AvgIpc) is 2.90. The molecule has 0 aliphatic carbocycles. The second kappa shape index (κ2) is 5.96. The zero-order valence-electron chi connectivity index (χ0n) is 10.4. The number of aromatic nitrogens is 2. The van der Waals surface area contributed by atoms with E-state index in [9.17, 15) is 8.42 Å². The molecule has 2 aromatic rings. The number of sulfonamides is 1. The van der Waals surface area contributed by atoms with Gasteiger partial charge in [0.05, 0.1) is 18.1 Å². The Morgan fingerprint density at radius 3 is 2.68 bits per heavy atom. The summed E-state index contributed by atoms with van der Waals surface area (Å²) in [5.41, 5.74) is 6.14. The molecule has 0 spiro atoms. The van der Waals surface area contributed by atoms with E-state index in [1.54, 1.807) is 0 Å². The molecule has 2 rings (SSSR count). The van der Waals surface area contributed by atoms with Crippen LogP contribution in [0.3, 0.4) is 0 Å². The van der Waals surface area contributed by atoms with Crippen molar-refractivity contribution in [2.75, 3.05) is 13.1 Å². The topological polar surface area (TPSA) is 90.0 Å². The fourth-order valence-electron chi connectivity index (χ4n) is 1.56. The fraction of sp³-hybridized carbons (Fsp3) is 0.250. The highest BCUT2D eigenvalue weighted by molar-refractivity contribution is 7.89. The van der Waals surface area contributed by atoms with Gasteiger partial charge in [0.25, 0.3) is 0 Å². The van der Waals surface area contributed by atoms with E-state index < -0.39 is 10.0 Å². The predicted octanol–water partition coefficient (Wildman–Crippen LogP) is 0.499. The van der Waals surface area contributed by atoms with Crippen LogP contribution in [0.5, 0.6) is 0 Å². The standard InChI is InChI=1S/C12H16N4O2S/c13-7-4-8-15-19(17,18)12-9-14-16(10-12)11-5-2-1-3-6-11/h1-3,5-6,9-10,15H,4,7-8,13H2. The van der Waals surface area contributed by atoms with Gasteiger partial charge in [-0.3, -0.25) is 0 Å². The minimum Gasteiger partial charge on any atom is -0.330 e. The van der Waals surface area contributed by atoms with Gasteiger partial charge in [0.15, 0.2) is 0 Å². The van der Waals surface area contributed by atoms with E-state index in [0.29, 0.717) is 19.5 Å². The molecule has 1 aromatic heterocycles. The van der Waals surface area contributed by atoms with Gasteiger partial charge >= 0.3 is 0 Å². The van der Waals surface area contributed by atoms with Crippen LogP contribution in [0.2, 0.25) is 0 Å². The Morgan fingerprint density at radius 2 is 2.00 bits per heavy atom. The molecule has 0 aliphatic rings. The van der Waals surface area contributed by atoms with Gasteiger partial charge in [0, 0.05) is 6.54 Å². The van der Waals surface area contributed by atoms with E-state index in [2.05, 4.69) is 9.82 Å². The van der Waals surface area contributed by atoms with Crippen molar-refractivity contribution in [3.8, 4) is 5.69 Å². The van der Waals surface area contributed by atoms with Gasteiger partial charge in [-0.15, -0.1) is 0 Å². The van der Waals surface area contributed by atoms with Crippen LogP contribution in [0.15, 0.2) is 47.6 Å². The van der Waals surface area contributed by atoms with Crippen molar-refractivity contribution in [2.45, 2.75) is 11.3 Å². The number of rotatable bonds is 6. The lowest BCUT2D eigenvalue weighted by molar-refractivity contribution is 0.579. The Labute approximate surface area is 112 Å². The first-order valence-electron chi connectivity index (χ1n) is 5.93. The molecular weight excluding hydrogens is 264 g/mol. The van der Waals surface area contributed by atoms with Crippen LogP contribution in [-0.4, -0.2) is 31.3 Å². The van der Waals surface area contributed by atoms with Gasteiger partial charge < -0.3 is 5.73 Å². The molecule has 0 saturated carbocycles. The Bertz CT molecular complexity index is 622. The first-order valence-corrected chi connectivity index (χ1v) is 7.41. The first kappa shape index (κ1) is 13.7. The van der Waals surface area contributed by atoms with E-state index in [1.165, 1.54) is 17.1 Å². The number of nitrogens with two attached hydrogens (primary N) is 1. The lowest BCUT2D eigenvalue weighted by atomic mass is 10.3. The molecule has 0 saturated heterocycles. The summed E-state index contributed by atoms with van der Waals surface area (Å²) in [6.07, 6.45) is 3.42. The molecule has 0 atom stereocenters. The summed E-state index contributed by atoms with van der Waals surface area (Å²) in [5.74, 6) is 0. The lowest BCUT2D eigenvalue weighted by Gasteiger charge is -2.03. The molecule has 3 N–H and O–H groups in total. The van der Waals surface area contributed by atoms with Crippen LogP contribution in [0, 0.1) is 0 Å². The van der Waals surface area contributed by atoms with Gasteiger partial charge in [-0.1, -0.05) is 18.2 Å². The third kappa shape index (κ3) is 3.40. The Kier molecular flexibility index (Phi) is 4.31. The van der Waals surface area contributed by atoms with E-state index >= 15 is 0 Å². The van der Waals surface area contributed by atoms with Crippen molar-refractivity contribution in [1.82, 2.24) is 14.5 Å². The molecule has 0 aliphatic heterocycles. The number of hydrogen-bond acceptors (Lipinski definition) is 4. The van der Waals surface area contributed by atoms with Crippen molar-refractivity contribution in [1.29, 1.82) is 0 Å². The van der Waals surface area contributed by atoms with Gasteiger partial charge in [0.1, 0.15) is 4.90 Å². The SMILES string of the molecule is NCCCNS(=O)(=O)c1cnn(-c2ccccc2)c1. The number of benzene rings is 1. The van der Waals surface area contributed by atoms with Crippen LogP contribution in [0.1, 0.15) is 6.42 Å². The average molecular weight is 280 g/mol. The highest BCUT2D eigenvalue weighted by Crippen LogP contribution is 2.11. The second-order valence-electron chi connectivity index (χ2n) is 4.00. The summed E-state index contributed by atoms with van der Waals surface area (Å²) in [7, 11) is -3.51. The Morgan fingerprint density at radius 1 is 1.26 bits per heavy atom. The Balaban J connectivity index is 2.17. The van der Waals surface area contributed by atoms with Crippen molar-refractivity contribution in [3.63, 3.8) is 0 Å². The highest BCUT2D eigenvalue weighted by Gasteiger charge is 2.15. The minimum atomic E-state index is -3.51. The molecule has 0 amide bonds. The van der Waals surface area contributed by atoms with E-state index in [-0.39, 0.29) is 4.90 Å². The van der Waals surface area contributed by atoms with E-state index in [0.717, 1.165) is 5.69 Å². The molecule has 6 nitrogen and oxygen atoms in total. The van der Waals surface area contributed by atoms with Gasteiger partial charge in [-0.05, 0) is 25.1 Å². The smallest absolute Gasteiger partial charge is 0.243 e. The molecule has 0 bridgehead atoms. The molecule has 1 heterocycles. The van der Waals surface area contributed by atoms with Crippen molar-refractivity contribution in [3.05, 3.63) is 42.7 Å². The van der Waals surface area contributed by atoms with Gasteiger partial charge in [0.2, 0.25) is 10.0 Å². The molecule has 102 valence electrons. The normalized spacial score (nSPS) is 11.6.